The van der Waals surface area contributed by atoms with Gasteiger partial charge in [0.2, 0.25) is 0 Å². The molecule has 0 bridgehead atoms. The van der Waals surface area contributed by atoms with Crippen molar-refractivity contribution in [3.8, 4) is 0 Å². The third kappa shape index (κ3) is 3.73. The number of carbonyl (C=O) groups excluding carboxylic acids is 1. The summed E-state index contributed by atoms with van der Waals surface area (Å²) < 4.78 is 0. The van der Waals surface area contributed by atoms with Gasteiger partial charge in [-0.05, 0) is 17.2 Å². The number of hydrogen-bond donors (Lipinski definition) is 1. The van der Waals surface area contributed by atoms with Crippen molar-refractivity contribution in [2.24, 2.45) is 0 Å². The van der Waals surface area contributed by atoms with E-state index in [0.717, 1.165) is 0 Å². The van der Waals surface area contributed by atoms with Crippen molar-refractivity contribution >= 4 is 29.0 Å². The predicted octanol–water partition coefficient (Wildman–Crippen LogP) is 3.18. The molecule has 117 valence electrons. The number of nitro groups is 1. The fraction of sp³-hybridized carbons (Fsp3) is 0.125. The van der Waals surface area contributed by atoms with Gasteiger partial charge in [-0.1, -0.05) is 36.4 Å². The van der Waals surface area contributed by atoms with Crippen LogP contribution >= 0.6 is 11.6 Å². The number of aliphatic carboxylic acids is 1. The Bertz CT molecular complexity index is 760. The number of nitro benzene ring substituents is 1. The fourth-order valence-corrected chi connectivity index (χ4v) is 2.34. The molecule has 2 aromatic rings. The zero-order chi connectivity index (χ0) is 17.0. The van der Waals surface area contributed by atoms with E-state index in [4.69, 9.17) is 16.7 Å². The Kier molecular flexibility index (Phi) is 5.08. The molecule has 0 aliphatic heterocycles. The third-order valence-corrected chi connectivity index (χ3v) is 3.59. The van der Waals surface area contributed by atoms with Crippen molar-refractivity contribution in [3.63, 3.8) is 0 Å². The van der Waals surface area contributed by atoms with Crippen molar-refractivity contribution in [3.05, 3.63) is 75.3 Å². The second-order valence-electron chi connectivity index (χ2n) is 4.70. The SMILES string of the molecule is O=C(Cc1ccccc1)c1c([N+](=O)[O-])[c]ccc1C(Cl)C(=O)O. The van der Waals surface area contributed by atoms with Crippen LogP contribution in [0.4, 0.5) is 5.69 Å². The Morgan fingerprint density at radius 3 is 2.48 bits per heavy atom. The number of alkyl halides is 1. The number of halogens is 1. The van der Waals surface area contributed by atoms with Gasteiger partial charge in [0, 0.05) is 6.42 Å². The van der Waals surface area contributed by atoms with Gasteiger partial charge in [0.05, 0.1) is 11.0 Å². The number of Topliss-reactive ketones (excluding diaryl/α,β-unsaturated/α-hetero) is 1. The van der Waals surface area contributed by atoms with Gasteiger partial charge in [0.1, 0.15) is 5.56 Å². The van der Waals surface area contributed by atoms with Gasteiger partial charge in [-0.2, -0.15) is 0 Å². The minimum Gasteiger partial charge on any atom is -0.480 e. The summed E-state index contributed by atoms with van der Waals surface area (Å²) in [6.45, 7) is 0. The number of nitrogens with zero attached hydrogens (tertiary/aromatic N) is 1. The van der Waals surface area contributed by atoms with Gasteiger partial charge in [0.25, 0.3) is 5.69 Å². The van der Waals surface area contributed by atoms with Crippen LogP contribution in [-0.4, -0.2) is 21.8 Å². The number of carboxylic acid groups (broad SMARTS) is 1. The molecule has 2 aromatic carbocycles. The molecule has 1 radical (unpaired) electrons. The van der Waals surface area contributed by atoms with Crippen LogP contribution in [0.5, 0.6) is 0 Å². The van der Waals surface area contributed by atoms with Gasteiger partial charge in [-0.3, -0.25) is 19.7 Å². The Labute approximate surface area is 136 Å². The Balaban J connectivity index is 2.51. The molecule has 0 spiro atoms. The standard InChI is InChI=1S/C16H11ClNO5/c17-15(16(20)21)11-7-4-8-12(18(22)23)14(11)13(19)9-10-5-2-1-3-6-10/h1-7,15H,9H2,(H,20,21). The quantitative estimate of drug-likeness (QED) is 0.379. The van der Waals surface area contributed by atoms with Crippen LogP contribution < -0.4 is 0 Å². The summed E-state index contributed by atoms with van der Waals surface area (Å²) in [6.07, 6.45) is -0.101. The van der Waals surface area contributed by atoms with E-state index in [1.807, 2.05) is 0 Å². The highest BCUT2D eigenvalue weighted by molar-refractivity contribution is 6.30. The van der Waals surface area contributed by atoms with E-state index in [1.54, 1.807) is 30.3 Å². The average Bonchev–Trinajstić information content (AvgIpc) is 2.54. The van der Waals surface area contributed by atoms with Crippen molar-refractivity contribution in [2.45, 2.75) is 11.8 Å². The first-order chi connectivity index (χ1) is 10.9. The minimum absolute atomic E-state index is 0.101. The maximum Gasteiger partial charge on any atom is 0.326 e. The highest BCUT2D eigenvalue weighted by Gasteiger charge is 2.30. The largest absolute Gasteiger partial charge is 0.480 e. The molecule has 1 N–H and O–H groups in total. The van der Waals surface area contributed by atoms with Gasteiger partial charge in [-0.25, -0.2) is 0 Å². The molecular formula is C16H11ClNO5. The smallest absolute Gasteiger partial charge is 0.326 e. The van der Waals surface area contributed by atoms with E-state index < -0.39 is 27.7 Å². The normalized spacial score (nSPS) is 11.7. The highest BCUT2D eigenvalue weighted by atomic mass is 35.5. The second kappa shape index (κ2) is 7.02. The van der Waals surface area contributed by atoms with E-state index in [2.05, 4.69) is 6.07 Å². The lowest BCUT2D eigenvalue weighted by molar-refractivity contribution is -0.385. The summed E-state index contributed by atoms with van der Waals surface area (Å²) in [6, 6.07) is 13.5. The van der Waals surface area contributed by atoms with Gasteiger partial charge < -0.3 is 5.11 Å². The predicted molar refractivity (Wildman–Crippen MR) is 82.6 cm³/mol. The van der Waals surface area contributed by atoms with Crippen molar-refractivity contribution in [2.75, 3.05) is 0 Å². The van der Waals surface area contributed by atoms with Crippen LogP contribution in [0, 0.1) is 16.2 Å². The van der Waals surface area contributed by atoms with Gasteiger partial charge >= 0.3 is 5.97 Å². The maximum absolute atomic E-state index is 12.5. The van der Waals surface area contributed by atoms with Crippen molar-refractivity contribution < 1.29 is 19.6 Å². The minimum atomic E-state index is -1.56. The molecule has 0 fully saturated rings. The molecule has 23 heavy (non-hydrogen) atoms. The van der Waals surface area contributed by atoms with Gasteiger partial charge in [0.15, 0.2) is 11.2 Å². The summed E-state index contributed by atoms with van der Waals surface area (Å²) >= 11 is 5.78. The Hall–Kier alpha value is -2.73. The number of ketones is 1. The fourth-order valence-electron chi connectivity index (χ4n) is 2.15. The van der Waals surface area contributed by atoms with E-state index in [1.165, 1.54) is 12.1 Å². The van der Waals surface area contributed by atoms with Crippen LogP contribution in [0.15, 0.2) is 42.5 Å². The van der Waals surface area contributed by atoms with Gasteiger partial charge in [-0.15, -0.1) is 11.6 Å². The molecule has 7 heteroatoms. The number of carbonyl (C=O) groups is 2. The molecule has 1 atom stereocenters. The first kappa shape index (κ1) is 16.6. The second-order valence-corrected chi connectivity index (χ2v) is 5.14. The maximum atomic E-state index is 12.5. The monoisotopic (exact) mass is 332 g/mol. The van der Waals surface area contributed by atoms with E-state index >= 15 is 0 Å². The zero-order valence-electron chi connectivity index (χ0n) is 11.7. The zero-order valence-corrected chi connectivity index (χ0v) is 12.5. The molecule has 0 amide bonds. The number of hydrogen-bond acceptors (Lipinski definition) is 4. The lowest BCUT2D eigenvalue weighted by Gasteiger charge is -2.11. The molecule has 0 saturated carbocycles. The lowest BCUT2D eigenvalue weighted by atomic mass is 9.95. The first-order valence-electron chi connectivity index (χ1n) is 6.54. The molecule has 0 aliphatic rings. The summed E-state index contributed by atoms with van der Waals surface area (Å²) in [4.78, 5) is 34.0. The summed E-state index contributed by atoms with van der Waals surface area (Å²) in [5, 5.41) is 18.6. The van der Waals surface area contributed by atoms with Crippen LogP contribution in [0.3, 0.4) is 0 Å². The van der Waals surface area contributed by atoms with E-state index in [-0.39, 0.29) is 17.5 Å². The Morgan fingerprint density at radius 2 is 1.91 bits per heavy atom. The number of benzene rings is 2. The average molecular weight is 333 g/mol. The number of carboxylic acids is 1. The molecule has 0 heterocycles. The third-order valence-electron chi connectivity index (χ3n) is 3.17. The van der Waals surface area contributed by atoms with Crippen LogP contribution in [-0.2, 0) is 11.2 Å². The molecule has 0 aromatic heterocycles. The summed E-state index contributed by atoms with van der Waals surface area (Å²) in [5.41, 5.74) is -0.340. The highest BCUT2D eigenvalue weighted by Crippen LogP contribution is 2.31. The lowest BCUT2D eigenvalue weighted by Crippen LogP contribution is -2.15. The van der Waals surface area contributed by atoms with Crippen molar-refractivity contribution in [1.82, 2.24) is 0 Å². The van der Waals surface area contributed by atoms with E-state index in [9.17, 15) is 19.7 Å². The molecular weight excluding hydrogens is 322 g/mol. The molecule has 6 nitrogen and oxygen atoms in total. The van der Waals surface area contributed by atoms with Crippen LogP contribution in [0.2, 0.25) is 0 Å². The van der Waals surface area contributed by atoms with E-state index in [0.29, 0.717) is 5.56 Å². The topological polar surface area (TPSA) is 97.5 Å². The molecule has 1 unspecified atom stereocenters. The number of rotatable bonds is 6. The van der Waals surface area contributed by atoms with Crippen molar-refractivity contribution in [1.29, 1.82) is 0 Å². The summed E-state index contributed by atoms with van der Waals surface area (Å²) in [7, 11) is 0. The summed E-state index contributed by atoms with van der Waals surface area (Å²) in [5.74, 6) is -1.97. The van der Waals surface area contributed by atoms with Crippen LogP contribution in [0.25, 0.3) is 0 Å². The molecule has 0 aliphatic carbocycles. The first-order valence-corrected chi connectivity index (χ1v) is 6.98. The van der Waals surface area contributed by atoms with Crippen LogP contribution in [0.1, 0.15) is 26.9 Å². The molecule has 2 rings (SSSR count). The Morgan fingerprint density at radius 1 is 1.26 bits per heavy atom. The molecule has 0 saturated heterocycles.